The van der Waals surface area contributed by atoms with Gasteiger partial charge in [-0.2, -0.15) is 0 Å². The lowest BCUT2D eigenvalue weighted by Gasteiger charge is -2.28. The number of hydrogen-bond donors (Lipinski definition) is 2. The van der Waals surface area contributed by atoms with E-state index in [0.29, 0.717) is 10.9 Å². The predicted octanol–water partition coefficient (Wildman–Crippen LogP) is 5.25. The minimum atomic E-state index is -0.266. The number of phenols is 1. The van der Waals surface area contributed by atoms with E-state index in [-0.39, 0.29) is 39.8 Å². The van der Waals surface area contributed by atoms with Crippen molar-refractivity contribution in [2.45, 2.75) is 58.8 Å². The Hall–Kier alpha value is -2.88. The Morgan fingerprint density at radius 1 is 0.966 bits per heavy atom. The minimum absolute atomic E-state index is 0.0615. The summed E-state index contributed by atoms with van der Waals surface area (Å²) in [5, 5.41) is 11.1. The molecule has 2 N–H and O–H groups in total. The highest BCUT2D eigenvalue weighted by Crippen LogP contribution is 2.37. The number of pyridine rings is 1. The summed E-state index contributed by atoms with van der Waals surface area (Å²) in [4.78, 5) is 28.9. The Morgan fingerprint density at radius 2 is 1.59 bits per heavy atom. The third-order valence-corrected chi connectivity index (χ3v) is 5.28. The van der Waals surface area contributed by atoms with Crippen molar-refractivity contribution >= 4 is 16.7 Å². The van der Waals surface area contributed by atoms with E-state index in [1.54, 1.807) is 18.2 Å². The molecule has 0 unspecified atom stereocenters. The maximum absolute atomic E-state index is 13.0. The summed E-state index contributed by atoms with van der Waals surface area (Å²) in [5.74, 6) is -0.0777. The smallest absolute Gasteiger partial charge is 0.200 e. The third kappa shape index (κ3) is 4.12. The van der Waals surface area contributed by atoms with E-state index in [1.165, 1.54) is 6.20 Å². The molecule has 29 heavy (non-hydrogen) atoms. The Labute approximate surface area is 171 Å². The van der Waals surface area contributed by atoms with E-state index in [1.807, 2.05) is 39.0 Å². The van der Waals surface area contributed by atoms with Gasteiger partial charge in [0.15, 0.2) is 11.2 Å². The standard InChI is InChI=1S/C25H29NO3/c1-24(2,3)18-13-19(25(4,5)6)22(28)12-15(18)11-21(27)17-14-26-20-10-8-7-9-16(20)23(17)29/h7-10,12-14,28H,11H2,1-6H3,(H,26,29). The van der Waals surface area contributed by atoms with Gasteiger partial charge >= 0.3 is 0 Å². The largest absolute Gasteiger partial charge is 0.508 e. The summed E-state index contributed by atoms with van der Waals surface area (Å²) in [7, 11) is 0. The fourth-order valence-corrected chi connectivity index (χ4v) is 3.72. The quantitative estimate of drug-likeness (QED) is 0.599. The third-order valence-electron chi connectivity index (χ3n) is 5.28. The zero-order chi connectivity index (χ0) is 21.6. The molecule has 4 nitrogen and oxygen atoms in total. The van der Waals surface area contributed by atoms with Gasteiger partial charge in [0.05, 0.1) is 5.56 Å². The molecule has 0 bridgehead atoms. The fraction of sp³-hybridized carbons (Fsp3) is 0.360. The topological polar surface area (TPSA) is 70.2 Å². The molecule has 0 saturated heterocycles. The maximum Gasteiger partial charge on any atom is 0.200 e. The zero-order valence-electron chi connectivity index (χ0n) is 18.0. The van der Waals surface area contributed by atoms with Crippen LogP contribution in [0.25, 0.3) is 10.9 Å². The molecule has 1 aromatic heterocycles. The first-order valence-corrected chi connectivity index (χ1v) is 9.90. The summed E-state index contributed by atoms with van der Waals surface area (Å²) >= 11 is 0. The number of phenolic OH excluding ortho intramolecular Hbond substituents is 1. The van der Waals surface area contributed by atoms with Gasteiger partial charge in [-0.25, -0.2) is 0 Å². The number of benzene rings is 2. The minimum Gasteiger partial charge on any atom is -0.508 e. The SMILES string of the molecule is CC(C)(C)c1cc(C(C)(C)C)c(CC(=O)c2c[nH]c3ccccc3c2=O)cc1O. The zero-order valence-corrected chi connectivity index (χ0v) is 18.0. The van der Waals surface area contributed by atoms with E-state index >= 15 is 0 Å². The number of carbonyl (C=O) groups is 1. The molecule has 0 spiro atoms. The van der Waals surface area contributed by atoms with Crippen molar-refractivity contribution in [1.29, 1.82) is 0 Å². The summed E-state index contributed by atoms with van der Waals surface area (Å²) in [6.07, 6.45) is 1.55. The number of aromatic nitrogens is 1. The van der Waals surface area contributed by atoms with Crippen LogP contribution in [0.2, 0.25) is 0 Å². The first-order valence-electron chi connectivity index (χ1n) is 9.90. The van der Waals surface area contributed by atoms with Gasteiger partial charge in [-0.15, -0.1) is 0 Å². The van der Waals surface area contributed by atoms with Gasteiger partial charge in [-0.3, -0.25) is 9.59 Å². The van der Waals surface area contributed by atoms with Crippen LogP contribution in [-0.2, 0) is 17.3 Å². The number of hydrogen-bond acceptors (Lipinski definition) is 3. The molecule has 0 atom stereocenters. The summed E-state index contributed by atoms with van der Waals surface area (Å²) in [5.41, 5.74) is 2.76. The van der Waals surface area contributed by atoms with E-state index < -0.39 is 0 Å². The lowest BCUT2D eigenvalue weighted by atomic mass is 9.77. The highest BCUT2D eigenvalue weighted by atomic mass is 16.3. The van der Waals surface area contributed by atoms with Crippen molar-refractivity contribution in [3.05, 3.63) is 75.1 Å². The van der Waals surface area contributed by atoms with Gasteiger partial charge in [0, 0.05) is 23.5 Å². The van der Waals surface area contributed by atoms with Crippen LogP contribution >= 0.6 is 0 Å². The number of rotatable bonds is 3. The summed E-state index contributed by atoms with van der Waals surface area (Å²) in [6.45, 7) is 12.4. The van der Waals surface area contributed by atoms with Crippen LogP contribution in [0.15, 0.2) is 47.4 Å². The van der Waals surface area contributed by atoms with Crippen LogP contribution in [0.3, 0.4) is 0 Å². The molecule has 0 radical (unpaired) electrons. The molecule has 4 heteroatoms. The van der Waals surface area contributed by atoms with Gasteiger partial charge in [-0.1, -0.05) is 59.7 Å². The average molecular weight is 392 g/mol. The molecule has 0 amide bonds. The van der Waals surface area contributed by atoms with Crippen LogP contribution in [0.4, 0.5) is 0 Å². The Bertz CT molecular complexity index is 1140. The Kier molecular flexibility index (Phi) is 5.16. The number of H-pyrrole nitrogens is 1. The molecule has 3 aromatic rings. The van der Waals surface area contributed by atoms with E-state index in [4.69, 9.17) is 0 Å². The molecule has 152 valence electrons. The lowest BCUT2D eigenvalue weighted by Crippen LogP contribution is -2.22. The van der Waals surface area contributed by atoms with Crippen LogP contribution in [0.5, 0.6) is 5.75 Å². The molecule has 0 fully saturated rings. The molecule has 2 aromatic carbocycles. The van der Waals surface area contributed by atoms with E-state index in [2.05, 4.69) is 25.8 Å². The van der Waals surface area contributed by atoms with Gasteiger partial charge in [-0.05, 0) is 45.7 Å². The monoisotopic (exact) mass is 391 g/mol. The average Bonchev–Trinajstić information content (AvgIpc) is 2.60. The Morgan fingerprint density at radius 3 is 2.21 bits per heavy atom. The van der Waals surface area contributed by atoms with Gasteiger partial charge in [0.2, 0.25) is 0 Å². The van der Waals surface area contributed by atoms with Crippen LogP contribution < -0.4 is 5.43 Å². The second kappa shape index (κ2) is 7.18. The predicted molar refractivity (Wildman–Crippen MR) is 118 cm³/mol. The second-order valence-electron chi connectivity index (χ2n) is 9.70. The first kappa shape index (κ1) is 20.8. The molecule has 3 rings (SSSR count). The number of aromatic amines is 1. The highest BCUT2D eigenvalue weighted by molar-refractivity contribution is 6.00. The van der Waals surface area contributed by atoms with Crippen LogP contribution in [0.1, 0.15) is 68.6 Å². The fourth-order valence-electron chi connectivity index (χ4n) is 3.72. The molecule has 0 aliphatic heterocycles. The molecule has 1 heterocycles. The first-order chi connectivity index (χ1) is 13.4. The number of ketones is 1. The van der Waals surface area contributed by atoms with Crippen molar-refractivity contribution in [3.63, 3.8) is 0 Å². The number of fused-ring (bicyclic) bond motifs is 1. The van der Waals surface area contributed by atoms with Crippen molar-refractivity contribution < 1.29 is 9.90 Å². The van der Waals surface area contributed by atoms with Crippen LogP contribution in [0, 0.1) is 0 Å². The van der Waals surface area contributed by atoms with E-state index in [0.717, 1.165) is 16.7 Å². The van der Waals surface area contributed by atoms with Crippen molar-refractivity contribution in [3.8, 4) is 5.75 Å². The van der Waals surface area contributed by atoms with Gasteiger partial charge in [0.1, 0.15) is 5.75 Å². The molecule has 0 saturated carbocycles. The molecule has 0 aliphatic rings. The number of aromatic hydroxyl groups is 1. The number of Topliss-reactive ketones (excluding diaryl/α,β-unsaturated/α-hetero) is 1. The van der Waals surface area contributed by atoms with Crippen molar-refractivity contribution in [2.75, 3.05) is 0 Å². The summed E-state index contributed by atoms with van der Waals surface area (Å²) in [6, 6.07) is 10.8. The molecular weight excluding hydrogens is 362 g/mol. The maximum atomic E-state index is 13.0. The lowest BCUT2D eigenvalue weighted by molar-refractivity contribution is 0.0991. The molecule has 0 aliphatic carbocycles. The number of para-hydroxylation sites is 1. The van der Waals surface area contributed by atoms with Crippen LogP contribution in [-0.4, -0.2) is 15.9 Å². The van der Waals surface area contributed by atoms with E-state index in [9.17, 15) is 14.7 Å². The second-order valence-corrected chi connectivity index (χ2v) is 9.70. The van der Waals surface area contributed by atoms with Gasteiger partial charge in [0.25, 0.3) is 0 Å². The highest BCUT2D eigenvalue weighted by Gasteiger charge is 2.26. The Balaban J connectivity index is 2.08. The van der Waals surface area contributed by atoms with Crippen molar-refractivity contribution in [2.24, 2.45) is 0 Å². The number of nitrogens with one attached hydrogen (secondary N) is 1. The molecular formula is C25H29NO3. The normalized spacial score (nSPS) is 12.3. The van der Waals surface area contributed by atoms with Crippen molar-refractivity contribution in [1.82, 2.24) is 4.98 Å². The number of carbonyl (C=O) groups excluding carboxylic acids is 1. The van der Waals surface area contributed by atoms with Gasteiger partial charge < -0.3 is 10.1 Å². The summed E-state index contributed by atoms with van der Waals surface area (Å²) < 4.78 is 0.